The summed E-state index contributed by atoms with van der Waals surface area (Å²) in [6.45, 7) is 5.57. The molecule has 19 heavy (non-hydrogen) atoms. The molecule has 0 spiro atoms. The molecule has 2 atom stereocenters. The van der Waals surface area contributed by atoms with Gasteiger partial charge in [0.15, 0.2) is 0 Å². The zero-order chi connectivity index (χ0) is 13.2. The summed E-state index contributed by atoms with van der Waals surface area (Å²) in [7, 11) is 0. The minimum Gasteiger partial charge on any atom is -0.393 e. The van der Waals surface area contributed by atoms with E-state index in [9.17, 15) is 5.11 Å². The number of imidazole rings is 1. The van der Waals surface area contributed by atoms with Crippen molar-refractivity contribution in [1.82, 2.24) is 14.5 Å². The minimum absolute atomic E-state index is 0.190. The van der Waals surface area contributed by atoms with Crippen LogP contribution in [0.5, 0.6) is 0 Å². The average Bonchev–Trinajstić information content (AvgIpc) is 2.80. The summed E-state index contributed by atoms with van der Waals surface area (Å²) in [6.07, 6.45) is 8.69. The Labute approximate surface area is 115 Å². The number of aliphatic hydroxyl groups excluding tert-OH is 1. The Bertz CT molecular complexity index is 429. The number of nitrogens with zero attached hydrogens (tertiary/aromatic N) is 3. The molecule has 4 heteroatoms. The second-order valence-electron chi connectivity index (χ2n) is 5.97. The van der Waals surface area contributed by atoms with Gasteiger partial charge < -0.3 is 14.6 Å². The minimum atomic E-state index is -0.190. The number of aliphatic hydroxyl groups is 1. The van der Waals surface area contributed by atoms with E-state index in [1.54, 1.807) is 0 Å². The van der Waals surface area contributed by atoms with Gasteiger partial charge in [0.05, 0.1) is 11.8 Å². The van der Waals surface area contributed by atoms with E-state index < -0.39 is 0 Å². The molecule has 1 saturated heterocycles. The van der Waals surface area contributed by atoms with Crippen LogP contribution in [0.2, 0.25) is 0 Å². The van der Waals surface area contributed by atoms with Gasteiger partial charge in [-0.1, -0.05) is 13.3 Å². The zero-order valence-electron chi connectivity index (χ0n) is 11.9. The lowest BCUT2D eigenvalue weighted by Gasteiger charge is -2.34. The third kappa shape index (κ3) is 2.84. The molecule has 3 heterocycles. The highest BCUT2D eigenvalue weighted by Gasteiger charge is 2.24. The van der Waals surface area contributed by atoms with Crippen LogP contribution >= 0.6 is 0 Å². The van der Waals surface area contributed by atoms with E-state index in [1.165, 1.54) is 31.5 Å². The fourth-order valence-electron chi connectivity index (χ4n) is 3.52. The predicted molar refractivity (Wildman–Crippen MR) is 75.1 cm³/mol. The lowest BCUT2D eigenvalue weighted by Crippen LogP contribution is -2.40. The van der Waals surface area contributed by atoms with Crippen molar-refractivity contribution >= 4 is 0 Å². The largest absolute Gasteiger partial charge is 0.393 e. The first-order valence-electron chi connectivity index (χ1n) is 7.73. The molecule has 1 N–H and O–H groups in total. The van der Waals surface area contributed by atoms with E-state index >= 15 is 0 Å². The summed E-state index contributed by atoms with van der Waals surface area (Å²) in [6, 6.07) is 0.667. The van der Waals surface area contributed by atoms with Crippen LogP contribution in [0.15, 0.2) is 6.20 Å². The normalized spacial score (nSPS) is 28.3. The molecule has 1 fully saturated rings. The first-order chi connectivity index (χ1) is 9.26. The number of rotatable bonds is 3. The number of likely N-dealkylation sites (N-methyl/N-ethyl adjacent to an activating group) is 1. The van der Waals surface area contributed by atoms with Crippen LogP contribution in [0.3, 0.4) is 0 Å². The number of hydrogen-bond acceptors (Lipinski definition) is 3. The van der Waals surface area contributed by atoms with Gasteiger partial charge >= 0.3 is 0 Å². The lowest BCUT2D eigenvalue weighted by atomic mass is 9.98. The van der Waals surface area contributed by atoms with Gasteiger partial charge in [-0.25, -0.2) is 4.98 Å². The first-order valence-corrected chi connectivity index (χ1v) is 7.73. The van der Waals surface area contributed by atoms with Crippen molar-refractivity contribution in [2.45, 2.75) is 64.1 Å². The molecule has 1 aromatic rings. The maximum absolute atomic E-state index is 9.71. The van der Waals surface area contributed by atoms with E-state index in [2.05, 4.69) is 22.6 Å². The molecule has 1 aromatic heterocycles. The fraction of sp³-hybridized carbons (Fsp3) is 0.800. The van der Waals surface area contributed by atoms with Gasteiger partial charge in [-0.15, -0.1) is 0 Å². The number of piperidine rings is 1. The summed E-state index contributed by atoms with van der Waals surface area (Å²) in [5.74, 6) is 1.08. The summed E-state index contributed by atoms with van der Waals surface area (Å²) >= 11 is 0. The smallest absolute Gasteiger partial charge is 0.111 e. The summed E-state index contributed by atoms with van der Waals surface area (Å²) in [4.78, 5) is 7.33. The molecular weight excluding hydrogens is 238 g/mol. The van der Waals surface area contributed by atoms with Crippen molar-refractivity contribution in [3.8, 4) is 0 Å². The summed E-state index contributed by atoms with van der Waals surface area (Å²) in [5.41, 5.74) is 1.22. The van der Waals surface area contributed by atoms with Gasteiger partial charge in [0, 0.05) is 31.6 Å². The maximum atomic E-state index is 9.71. The second kappa shape index (κ2) is 5.63. The SMILES string of the molecule is CCN1CCCCC1Cc1cn2c(n1)CC(O)CC2. The Balaban J connectivity index is 1.69. The molecule has 4 nitrogen and oxygen atoms in total. The molecule has 2 aliphatic rings. The van der Waals surface area contributed by atoms with Gasteiger partial charge in [-0.05, 0) is 32.4 Å². The molecule has 3 rings (SSSR count). The molecule has 0 bridgehead atoms. The number of aromatic nitrogens is 2. The van der Waals surface area contributed by atoms with Crippen molar-refractivity contribution in [1.29, 1.82) is 0 Å². The van der Waals surface area contributed by atoms with Gasteiger partial charge in [0.1, 0.15) is 5.82 Å². The Hall–Kier alpha value is -0.870. The quantitative estimate of drug-likeness (QED) is 0.901. The number of aryl methyl sites for hydroxylation is 1. The Kier molecular flexibility index (Phi) is 3.89. The number of hydrogen-bond donors (Lipinski definition) is 1. The summed E-state index contributed by atoms with van der Waals surface area (Å²) in [5, 5.41) is 9.71. The Morgan fingerprint density at radius 3 is 3.05 bits per heavy atom. The van der Waals surface area contributed by atoms with Crippen LogP contribution in [-0.2, 0) is 19.4 Å². The Morgan fingerprint density at radius 2 is 2.21 bits per heavy atom. The standard InChI is InChI=1S/C15H25N3O/c1-2-17-7-4-3-5-13(17)9-12-11-18-8-6-14(19)10-15(18)16-12/h11,13-14,19H,2-10H2,1H3. The third-order valence-corrected chi connectivity index (χ3v) is 4.63. The topological polar surface area (TPSA) is 41.3 Å². The van der Waals surface area contributed by atoms with Crippen LogP contribution in [0.1, 0.15) is 44.1 Å². The van der Waals surface area contributed by atoms with Crippen molar-refractivity contribution in [2.24, 2.45) is 0 Å². The lowest BCUT2D eigenvalue weighted by molar-refractivity contribution is 0.141. The maximum Gasteiger partial charge on any atom is 0.111 e. The first kappa shape index (κ1) is 13.1. The van der Waals surface area contributed by atoms with Gasteiger partial charge in [0.2, 0.25) is 0 Å². The third-order valence-electron chi connectivity index (χ3n) is 4.63. The van der Waals surface area contributed by atoms with Gasteiger partial charge in [-0.3, -0.25) is 0 Å². The monoisotopic (exact) mass is 263 g/mol. The van der Waals surface area contributed by atoms with Crippen molar-refractivity contribution in [3.05, 3.63) is 17.7 Å². The highest BCUT2D eigenvalue weighted by atomic mass is 16.3. The van der Waals surface area contributed by atoms with Crippen LogP contribution in [0.25, 0.3) is 0 Å². The van der Waals surface area contributed by atoms with Crippen molar-refractivity contribution in [3.63, 3.8) is 0 Å². The number of fused-ring (bicyclic) bond motifs is 1. The van der Waals surface area contributed by atoms with Crippen LogP contribution < -0.4 is 0 Å². The Morgan fingerprint density at radius 1 is 1.32 bits per heavy atom. The van der Waals surface area contributed by atoms with E-state index in [4.69, 9.17) is 4.98 Å². The van der Waals surface area contributed by atoms with E-state index in [0.29, 0.717) is 6.04 Å². The van der Waals surface area contributed by atoms with Crippen LogP contribution in [0.4, 0.5) is 0 Å². The molecular formula is C15H25N3O. The molecule has 0 amide bonds. The predicted octanol–water partition coefficient (Wildman–Crippen LogP) is 1.61. The van der Waals surface area contributed by atoms with Crippen molar-refractivity contribution < 1.29 is 5.11 Å². The molecule has 0 aliphatic carbocycles. The molecule has 0 aromatic carbocycles. The number of likely N-dealkylation sites (tertiary alicyclic amines) is 1. The molecule has 0 radical (unpaired) electrons. The highest BCUT2D eigenvalue weighted by Crippen LogP contribution is 2.22. The van der Waals surface area contributed by atoms with E-state index in [1.807, 2.05) is 0 Å². The molecule has 106 valence electrons. The molecule has 2 unspecified atom stereocenters. The van der Waals surface area contributed by atoms with Crippen LogP contribution in [-0.4, -0.2) is 44.8 Å². The second-order valence-corrected chi connectivity index (χ2v) is 5.97. The van der Waals surface area contributed by atoms with E-state index in [0.717, 1.165) is 38.2 Å². The molecule has 0 saturated carbocycles. The molecule has 2 aliphatic heterocycles. The van der Waals surface area contributed by atoms with Gasteiger partial charge in [0.25, 0.3) is 0 Å². The fourth-order valence-corrected chi connectivity index (χ4v) is 3.52. The summed E-state index contributed by atoms with van der Waals surface area (Å²) < 4.78 is 2.24. The average molecular weight is 263 g/mol. The zero-order valence-corrected chi connectivity index (χ0v) is 11.9. The highest BCUT2D eigenvalue weighted by molar-refractivity contribution is 5.09. The van der Waals surface area contributed by atoms with Crippen LogP contribution in [0, 0.1) is 0 Å². The van der Waals surface area contributed by atoms with Crippen molar-refractivity contribution in [2.75, 3.05) is 13.1 Å². The van der Waals surface area contributed by atoms with Gasteiger partial charge in [-0.2, -0.15) is 0 Å². The van der Waals surface area contributed by atoms with E-state index in [-0.39, 0.29) is 6.10 Å².